The number of carboxylic acid groups (broad SMARTS) is 1. The predicted molar refractivity (Wildman–Crippen MR) is 93.8 cm³/mol. The number of carboxylic acids is 1. The van der Waals surface area contributed by atoms with Crippen LogP contribution in [-0.4, -0.2) is 22.2 Å². The van der Waals surface area contributed by atoms with Crippen molar-refractivity contribution in [2.45, 2.75) is 24.3 Å². The Balaban J connectivity index is 1.92. The minimum absolute atomic E-state index is 0.0588. The number of carbonyl (C=O) groups is 2. The van der Waals surface area contributed by atoms with Gasteiger partial charge in [0, 0.05) is 11.4 Å². The van der Waals surface area contributed by atoms with Crippen molar-refractivity contribution < 1.29 is 14.7 Å². The lowest BCUT2D eigenvalue weighted by Gasteiger charge is -2.15. The summed E-state index contributed by atoms with van der Waals surface area (Å²) >= 11 is 1.60. The number of hydrogen-bond acceptors (Lipinski definition) is 3. The fraction of sp³-hybridized carbons (Fsp3) is 0.222. The Kier molecular flexibility index (Phi) is 6.23. The molecule has 0 radical (unpaired) electrons. The molecule has 0 aromatic heterocycles. The molecule has 0 aliphatic rings. The fourth-order valence-corrected chi connectivity index (χ4v) is 3.10. The van der Waals surface area contributed by atoms with E-state index < -0.39 is 5.97 Å². The molecule has 2 rings (SSSR count). The van der Waals surface area contributed by atoms with Gasteiger partial charge in [0.1, 0.15) is 0 Å². The van der Waals surface area contributed by atoms with Gasteiger partial charge in [0.05, 0.1) is 10.8 Å². The second-order valence-corrected chi connectivity index (χ2v) is 6.26. The Morgan fingerprint density at radius 3 is 2.30 bits per heavy atom. The minimum Gasteiger partial charge on any atom is -0.478 e. The van der Waals surface area contributed by atoms with Crippen LogP contribution >= 0.6 is 11.8 Å². The van der Waals surface area contributed by atoms with Crippen molar-refractivity contribution >= 4 is 29.3 Å². The van der Waals surface area contributed by atoms with Gasteiger partial charge in [-0.25, -0.2) is 4.79 Å². The molecular weight excluding hydrogens is 310 g/mol. The number of amides is 1. The second-order valence-electron chi connectivity index (χ2n) is 5.07. The Morgan fingerprint density at radius 1 is 1.09 bits per heavy atom. The minimum atomic E-state index is -0.979. The molecule has 0 aliphatic carbocycles. The highest BCUT2D eigenvalue weighted by atomic mass is 32.2. The highest BCUT2D eigenvalue weighted by Gasteiger charge is 2.17. The van der Waals surface area contributed by atoms with Gasteiger partial charge >= 0.3 is 5.97 Å². The Morgan fingerprint density at radius 2 is 1.74 bits per heavy atom. The normalized spacial score (nSPS) is 11.7. The lowest BCUT2D eigenvalue weighted by Crippen LogP contribution is -2.24. The zero-order valence-corrected chi connectivity index (χ0v) is 13.7. The maximum Gasteiger partial charge on any atom is 0.335 e. The van der Waals surface area contributed by atoms with E-state index in [0.29, 0.717) is 5.69 Å². The number of benzene rings is 2. The summed E-state index contributed by atoms with van der Waals surface area (Å²) in [6.45, 7) is 1.98. The molecule has 1 amide bonds. The molecular formula is C18H19NO3S. The number of hydrogen-bond donors (Lipinski definition) is 2. The summed E-state index contributed by atoms with van der Waals surface area (Å²) < 4.78 is 0. The van der Waals surface area contributed by atoms with Crippen LogP contribution in [0, 0.1) is 0 Å². The summed E-state index contributed by atoms with van der Waals surface area (Å²) in [4.78, 5) is 23.2. The molecule has 0 saturated carbocycles. The standard InChI is InChI=1S/C18H19NO3S/c1-2-16(23-12-13-6-4-3-5-7-13)17(20)19-15-10-8-14(9-11-15)18(21)22/h3-11,16H,2,12H2,1H3,(H,19,20)(H,21,22). The molecule has 2 aromatic rings. The first kappa shape index (κ1) is 17.1. The molecule has 120 valence electrons. The number of anilines is 1. The van der Waals surface area contributed by atoms with Crippen LogP contribution < -0.4 is 5.32 Å². The van der Waals surface area contributed by atoms with E-state index in [0.717, 1.165) is 12.2 Å². The van der Waals surface area contributed by atoms with Crippen LogP contribution in [0.3, 0.4) is 0 Å². The molecule has 5 heteroatoms. The van der Waals surface area contributed by atoms with Gasteiger partial charge in [0.15, 0.2) is 0 Å². The van der Waals surface area contributed by atoms with E-state index in [-0.39, 0.29) is 16.7 Å². The highest BCUT2D eigenvalue weighted by molar-refractivity contribution is 7.99. The highest BCUT2D eigenvalue weighted by Crippen LogP contribution is 2.22. The van der Waals surface area contributed by atoms with Crippen molar-refractivity contribution in [2.24, 2.45) is 0 Å². The molecule has 2 aromatic carbocycles. The second kappa shape index (κ2) is 8.39. The molecule has 0 fully saturated rings. The predicted octanol–water partition coefficient (Wildman–Crippen LogP) is 4.04. The summed E-state index contributed by atoms with van der Waals surface area (Å²) in [5, 5.41) is 11.6. The molecule has 23 heavy (non-hydrogen) atoms. The molecule has 1 atom stereocenters. The topological polar surface area (TPSA) is 66.4 Å². The number of thioether (sulfide) groups is 1. The van der Waals surface area contributed by atoms with Crippen LogP contribution in [0.2, 0.25) is 0 Å². The van der Waals surface area contributed by atoms with Gasteiger partial charge in [-0.05, 0) is 36.2 Å². The number of aromatic carboxylic acids is 1. The molecule has 0 spiro atoms. The summed E-state index contributed by atoms with van der Waals surface area (Å²) in [6, 6.07) is 16.2. The van der Waals surface area contributed by atoms with Gasteiger partial charge in [-0.3, -0.25) is 4.79 Å². The van der Waals surface area contributed by atoms with Crippen LogP contribution in [0.4, 0.5) is 5.69 Å². The van der Waals surface area contributed by atoms with Gasteiger partial charge in [-0.2, -0.15) is 0 Å². The molecule has 0 heterocycles. The third kappa shape index (κ3) is 5.14. The maximum atomic E-state index is 12.3. The van der Waals surface area contributed by atoms with Gasteiger partial charge in [-0.1, -0.05) is 37.3 Å². The van der Waals surface area contributed by atoms with E-state index >= 15 is 0 Å². The van der Waals surface area contributed by atoms with Crippen LogP contribution in [0.15, 0.2) is 54.6 Å². The van der Waals surface area contributed by atoms with E-state index in [4.69, 9.17) is 5.11 Å². The van der Waals surface area contributed by atoms with Crippen molar-refractivity contribution in [3.8, 4) is 0 Å². The SMILES string of the molecule is CCC(SCc1ccccc1)C(=O)Nc1ccc(C(=O)O)cc1. The van der Waals surface area contributed by atoms with Crippen molar-refractivity contribution in [3.63, 3.8) is 0 Å². The first-order valence-electron chi connectivity index (χ1n) is 7.40. The average molecular weight is 329 g/mol. The van der Waals surface area contributed by atoms with Gasteiger partial charge in [0.25, 0.3) is 0 Å². The quantitative estimate of drug-likeness (QED) is 0.804. The van der Waals surface area contributed by atoms with Crippen LogP contribution in [0.25, 0.3) is 0 Å². The van der Waals surface area contributed by atoms with E-state index in [9.17, 15) is 9.59 Å². The zero-order valence-electron chi connectivity index (χ0n) is 12.9. The zero-order chi connectivity index (χ0) is 16.7. The molecule has 2 N–H and O–H groups in total. The molecule has 1 unspecified atom stereocenters. The van der Waals surface area contributed by atoms with E-state index in [1.54, 1.807) is 23.9 Å². The third-order valence-electron chi connectivity index (χ3n) is 3.36. The number of carbonyl (C=O) groups excluding carboxylic acids is 1. The molecule has 0 bridgehead atoms. The van der Waals surface area contributed by atoms with Gasteiger partial charge in [-0.15, -0.1) is 11.8 Å². The van der Waals surface area contributed by atoms with Crippen molar-refractivity contribution in [3.05, 3.63) is 65.7 Å². The van der Waals surface area contributed by atoms with E-state index in [1.165, 1.54) is 17.7 Å². The smallest absolute Gasteiger partial charge is 0.335 e. The third-order valence-corrected chi connectivity index (χ3v) is 4.81. The van der Waals surface area contributed by atoms with Crippen molar-refractivity contribution in [1.82, 2.24) is 0 Å². The number of rotatable bonds is 7. The molecule has 4 nitrogen and oxygen atoms in total. The maximum absolute atomic E-state index is 12.3. The average Bonchev–Trinajstić information content (AvgIpc) is 2.57. The summed E-state index contributed by atoms with van der Waals surface area (Å²) in [5.74, 6) is -0.255. The van der Waals surface area contributed by atoms with Crippen molar-refractivity contribution in [1.29, 1.82) is 0 Å². The van der Waals surface area contributed by atoms with Crippen LogP contribution in [-0.2, 0) is 10.5 Å². The van der Waals surface area contributed by atoms with Crippen molar-refractivity contribution in [2.75, 3.05) is 5.32 Å². The van der Waals surface area contributed by atoms with E-state index in [2.05, 4.69) is 5.32 Å². The lowest BCUT2D eigenvalue weighted by molar-refractivity contribution is -0.115. The first-order chi connectivity index (χ1) is 11.1. The molecule has 0 saturated heterocycles. The Hall–Kier alpha value is -2.27. The summed E-state index contributed by atoms with van der Waals surface area (Å²) in [5.41, 5.74) is 2.00. The Bertz CT molecular complexity index is 656. The van der Waals surface area contributed by atoms with Crippen LogP contribution in [0.5, 0.6) is 0 Å². The Labute approximate surface area is 139 Å². The first-order valence-corrected chi connectivity index (χ1v) is 8.44. The molecule has 0 aliphatic heterocycles. The van der Waals surface area contributed by atoms with Gasteiger partial charge < -0.3 is 10.4 Å². The van der Waals surface area contributed by atoms with Crippen LogP contribution in [0.1, 0.15) is 29.3 Å². The monoisotopic (exact) mass is 329 g/mol. The summed E-state index contributed by atoms with van der Waals surface area (Å²) in [6.07, 6.45) is 0.733. The fourth-order valence-electron chi connectivity index (χ4n) is 2.07. The van der Waals surface area contributed by atoms with Gasteiger partial charge in [0.2, 0.25) is 5.91 Å². The summed E-state index contributed by atoms with van der Waals surface area (Å²) in [7, 11) is 0. The largest absolute Gasteiger partial charge is 0.478 e. The lowest BCUT2D eigenvalue weighted by atomic mass is 10.2. The number of nitrogens with one attached hydrogen (secondary N) is 1. The van der Waals surface area contributed by atoms with E-state index in [1.807, 2.05) is 37.3 Å².